The van der Waals surface area contributed by atoms with Crippen LogP contribution in [0.25, 0.3) is 5.76 Å². The Morgan fingerprint density at radius 3 is 2.39 bits per heavy atom. The molecule has 0 spiro atoms. The van der Waals surface area contributed by atoms with Crippen molar-refractivity contribution in [2.75, 3.05) is 11.5 Å². The van der Waals surface area contributed by atoms with Crippen LogP contribution in [0.5, 0.6) is 5.75 Å². The molecule has 1 amide bonds. The van der Waals surface area contributed by atoms with E-state index in [1.165, 1.54) is 4.90 Å². The van der Waals surface area contributed by atoms with Gasteiger partial charge in [-0.3, -0.25) is 14.5 Å². The molecule has 5 nitrogen and oxygen atoms in total. The quantitative estimate of drug-likeness (QED) is 0.387. The number of amides is 1. The molecule has 0 aliphatic carbocycles. The first-order chi connectivity index (χ1) is 15.1. The van der Waals surface area contributed by atoms with Crippen LogP contribution >= 0.6 is 0 Å². The summed E-state index contributed by atoms with van der Waals surface area (Å²) >= 11 is 0. The van der Waals surface area contributed by atoms with Gasteiger partial charge >= 0.3 is 0 Å². The molecule has 0 aromatic heterocycles. The third-order valence-electron chi connectivity index (χ3n) is 5.78. The van der Waals surface area contributed by atoms with E-state index in [4.69, 9.17) is 4.74 Å². The van der Waals surface area contributed by atoms with Gasteiger partial charge in [-0.05, 0) is 54.3 Å². The number of aryl methyl sites for hydroxylation is 1. The Balaban J connectivity index is 1.69. The van der Waals surface area contributed by atoms with Gasteiger partial charge < -0.3 is 9.84 Å². The Kier molecular flexibility index (Phi) is 4.79. The van der Waals surface area contributed by atoms with Gasteiger partial charge in [0.25, 0.3) is 11.7 Å². The van der Waals surface area contributed by atoms with Crippen LogP contribution < -0.4 is 9.64 Å². The fourth-order valence-electron chi connectivity index (χ4n) is 4.30. The molecule has 1 N–H and O–H groups in total. The maximum atomic E-state index is 13.1. The number of ketones is 1. The molecule has 154 valence electrons. The number of ether oxygens (including phenoxy) is 1. The number of aliphatic hydroxyl groups excluding tert-OH is 1. The van der Waals surface area contributed by atoms with E-state index in [9.17, 15) is 14.7 Å². The largest absolute Gasteiger partial charge is 0.507 e. The van der Waals surface area contributed by atoms with E-state index in [0.29, 0.717) is 17.9 Å². The number of fused-ring (bicyclic) bond motifs is 1. The minimum atomic E-state index is -0.712. The number of rotatable bonds is 3. The Morgan fingerprint density at radius 1 is 0.935 bits per heavy atom. The molecule has 1 saturated heterocycles. The fraction of sp³-hybridized carbons (Fsp3) is 0.154. The molecule has 2 aliphatic heterocycles. The number of benzene rings is 3. The highest BCUT2D eigenvalue weighted by molar-refractivity contribution is 6.51. The average molecular weight is 411 g/mol. The van der Waals surface area contributed by atoms with Crippen molar-refractivity contribution in [1.29, 1.82) is 0 Å². The lowest BCUT2D eigenvalue weighted by Crippen LogP contribution is -2.29. The van der Waals surface area contributed by atoms with Gasteiger partial charge in [0.15, 0.2) is 0 Å². The molecule has 2 heterocycles. The standard InChI is InChI=1S/C26H21NO4/c28-24(19-13-14-21-18(16-19)10-7-15-31-21)22-23(17-8-3-1-4-9-17)27(26(30)25(22)29)20-11-5-2-6-12-20/h1-6,8-9,11-14,16,23,28H,7,10,15H2/b24-22-. The molecule has 1 unspecified atom stereocenters. The number of carbonyl (C=O) groups excluding carboxylic acids is 2. The van der Waals surface area contributed by atoms with E-state index >= 15 is 0 Å². The van der Waals surface area contributed by atoms with Gasteiger partial charge in [-0.1, -0.05) is 48.5 Å². The molecule has 2 aliphatic rings. The van der Waals surface area contributed by atoms with Gasteiger partial charge in [-0.2, -0.15) is 0 Å². The minimum Gasteiger partial charge on any atom is -0.507 e. The second-order valence-corrected chi connectivity index (χ2v) is 7.69. The number of hydrogen-bond acceptors (Lipinski definition) is 4. The van der Waals surface area contributed by atoms with Crippen molar-refractivity contribution >= 4 is 23.1 Å². The average Bonchev–Trinajstić information content (AvgIpc) is 3.10. The van der Waals surface area contributed by atoms with E-state index in [1.54, 1.807) is 18.2 Å². The summed E-state index contributed by atoms with van der Waals surface area (Å²) in [7, 11) is 0. The summed E-state index contributed by atoms with van der Waals surface area (Å²) in [5, 5.41) is 11.2. The van der Waals surface area contributed by atoms with Crippen LogP contribution in [0.3, 0.4) is 0 Å². The molecule has 3 aromatic carbocycles. The van der Waals surface area contributed by atoms with Gasteiger partial charge in [-0.25, -0.2) is 0 Å². The Labute approximate surface area is 180 Å². The van der Waals surface area contributed by atoms with Crippen LogP contribution in [0.15, 0.2) is 84.4 Å². The molecule has 5 heteroatoms. The number of anilines is 1. The highest BCUT2D eigenvalue weighted by atomic mass is 16.5. The first-order valence-electron chi connectivity index (χ1n) is 10.3. The summed E-state index contributed by atoms with van der Waals surface area (Å²) in [4.78, 5) is 27.7. The molecule has 3 aromatic rings. The van der Waals surface area contributed by atoms with E-state index < -0.39 is 17.7 Å². The smallest absolute Gasteiger partial charge is 0.300 e. The zero-order chi connectivity index (χ0) is 21.4. The van der Waals surface area contributed by atoms with E-state index in [0.717, 1.165) is 29.7 Å². The lowest BCUT2D eigenvalue weighted by Gasteiger charge is -2.25. The summed E-state index contributed by atoms with van der Waals surface area (Å²) in [6, 6.07) is 23.1. The minimum absolute atomic E-state index is 0.0942. The molecule has 0 bridgehead atoms. The zero-order valence-corrected chi connectivity index (χ0v) is 16.8. The van der Waals surface area contributed by atoms with E-state index in [-0.39, 0.29) is 11.3 Å². The number of aliphatic hydroxyl groups is 1. The second-order valence-electron chi connectivity index (χ2n) is 7.69. The van der Waals surface area contributed by atoms with Gasteiger partial charge in [0, 0.05) is 11.3 Å². The number of para-hydroxylation sites is 1. The summed E-state index contributed by atoms with van der Waals surface area (Å²) in [5.74, 6) is -0.710. The van der Waals surface area contributed by atoms with Gasteiger partial charge in [0.1, 0.15) is 11.5 Å². The van der Waals surface area contributed by atoms with Crippen molar-refractivity contribution in [2.45, 2.75) is 18.9 Å². The van der Waals surface area contributed by atoms with Crippen LogP contribution in [-0.2, 0) is 16.0 Å². The van der Waals surface area contributed by atoms with Crippen LogP contribution in [0.1, 0.15) is 29.2 Å². The van der Waals surface area contributed by atoms with Crippen LogP contribution in [0, 0.1) is 0 Å². The molecule has 1 atom stereocenters. The third-order valence-corrected chi connectivity index (χ3v) is 5.78. The molecular formula is C26H21NO4. The third kappa shape index (κ3) is 3.28. The molecule has 0 radical (unpaired) electrons. The van der Waals surface area contributed by atoms with Gasteiger partial charge in [-0.15, -0.1) is 0 Å². The van der Waals surface area contributed by atoms with Crippen molar-refractivity contribution in [2.24, 2.45) is 0 Å². The molecule has 31 heavy (non-hydrogen) atoms. The lowest BCUT2D eigenvalue weighted by atomic mass is 9.94. The number of hydrogen-bond donors (Lipinski definition) is 1. The summed E-state index contributed by atoms with van der Waals surface area (Å²) in [6.45, 7) is 0.675. The highest BCUT2D eigenvalue weighted by Crippen LogP contribution is 2.42. The Bertz CT molecular complexity index is 1180. The first kappa shape index (κ1) is 19.1. The number of Topliss-reactive ketones (excluding diaryl/α,β-unsaturated/α-hetero) is 1. The van der Waals surface area contributed by atoms with E-state index in [1.807, 2.05) is 60.7 Å². The van der Waals surface area contributed by atoms with Crippen LogP contribution in [0.4, 0.5) is 5.69 Å². The summed E-state index contributed by atoms with van der Waals surface area (Å²) < 4.78 is 5.66. The van der Waals surface area contributed by atoms with Crippen molar-refractivity contribution in [1.82, 2.24) is 0 Å². The van der Waals surface area contributed by atoms with Crippen molar-refractivity contribution in [3.05, 3.63) is 101 Å². The Hall–Kier alpha value is -3.86. The first-order valence-corrected chi connectivity index (χ1v) is 10.3. The van der Waals surface area contributed by atoms with Crippen LogP contribution in [0.2, 0.25) is 0 Å². The SMILES string of the molecule is O=C1C(=O)N(c2ccccc2)C(c2ccccc2)/C1=C(/O)c1ccc2c(c1)CCCO2. The topological polar surface area (TPSA) is 66.8 Å². The normalized spacial score (nSPS) is 19.7. The maximum Gasteiger partial charge on any atom is 0.300 e. The zero-order valence-electron chi connectivity index (χ0n) is 16.8. The highest BCUT2D eigenvalue weighted by Gasteiger charge is 2.46. The molecular weight excluding hydrogens is 390 g/mol. The predicted molar refractivity (Wildman–Crippen MR) is 118 cm³/mol. The summed E-state index contributed by atoms with van der Waals surface area (Å²) in [5.41, 5.74) is 2.96. The van der Waals surface area contributed by atoms with Gasteiger partial charge in [0.05, 0.1) is 18.2 Å². The molecule has 5 rings (SSSR count). The monoisotopic (exact) mass is 411 g/mol. The molecule has 0 saturated carbocycles. The maximum absolute atomic E-state index is 13.1. The lowest BCUT2D eigenvalue weighted by molar-refractivity contribution is -0.132. The van der Waals surface area contributed by atoms with Crippen molar-refractivity contribution < 1.29 is 19.4 Å². The Morgan fingerprint density at radius 2 is 1.65 bits per heavy atom. The van der Waals surface area contributed by atoms with Crippen molar-refractivity contribution in [3.8, 4) is 5.75 Å². The van der Waals surface area contributed by atoms with E-state index in [2.05, 4.69) is 0 Å². The predicted octanol–water partition coefficient (Wildman–Crippen LogP) is 4.64. The number of nitrogens with zero attached hydrogens (tertiary/aromatic N) is 1. The number of carbonyl (C=O) groups is 2. The van der Waals surface area contributed by atoms with Crippen molar-refractivity contribution in [3.63, 3.8) is 0 Å². The second kappa shape index (κ2) is 7.76. The molecule has 1 fully saturated rings. The summed E-state index contributed by atoms with van der Waals surface area (Å²) in [6.07, 6.45) is 1.75. The van der Waals surface area contributed by atoms with Crippen LogP contribution in [-0.4, -0.2) is 23.4 Å². The van der Waals surface area contributed by atoms with Gasteiger partial charge in [0.2, 0.25) is 0 Å². The fourth-order valence-corrected chi connectivity index (χ4v) is 4.30.